The number of rotatable bonds is 0. The molecule has 1 aromatic heterocycles. The molecule has 2 N–H and O–H groups in total. The minimum absolute atomic E-state index is 0.137. The summed E-state index contributed by atoms with van der Waals surface area (Å²) in [4.78, 5) is 24.0. The number of aromatic nitrogens is 2. The summed E-state index contributed by atoms with van der Waals surface area (Å²) in [5.41, 5.74) is -2.03. The molecule has 0 fully saturated rings. The average molecular weight is 275 g/mol. The zero-order valence-corrected chi connectivity index (χ0v) is 10.8. The number of hydrogen-bond donors (Lipinski definition) is 2. The van der Waals surface area contributed by atoms with E-state index in [1.165, 1.54) is 0 Å². The van der Waals surface area contributed by atoms with E-state index >= 15 is 0 Å². The molecule has 2 heterocycles. The summed E-state index contributed by atoms with van der Waals surface area (Å²) in [6.45, 7) is 3.91. The second-order valence-electron chi connectivity index (χ2n) is 5.47. The normalized spacial score (nSPS) is 18.1. The van der Waals surface area contributed by atoms with Gasteiger partial charge in [-0.25, -0.2) is 4.79 Å². The fourth-order valence-corrected chi connectivity index (χ4v) is 1.87. The van der Waals surface area contributed by atoms with Gasteiger partial charge in [0.2, 0.25) is 0 Å². The third-order valence-electron chi connectivity index (χ3n) is 2.63. The van der Waals surface area contributed by atoms with Crippen molar-refractivity contribution < 1.29 is 18.3 Å². The smallest absolute Gasteiger partial charge is 0.410 e. The van der Waals surface area contributed by atoms with Crippen molar-refractivity contribution in [1.82, 2.24) is 15.1 Å². The van der Waals surface area contributed by atoms with E-state index in [1.807, 2.05) is 0 Å². The molecule has 8 heteroatoms. The van der Waals surface area contributed by atoms with Crippen LogP contribution in [0.15, 0.2) is 4.79 Å². The highest BCUT2D eigenvalue weighted by Gasteiger charge is 2.45. The van der Waals surface area contributed by atoms with Gasteiger partial charge < -0.3 is 4.74 Å². The van der Waals surface area contributed by atoms with Crippen molar-refractivity contribution in [3.63, 3.8) is 0 Å². The molecule has 1 amide bonds. The average Bonchev–Trinajstić information content (AvgIpc) is 2.58. The van der Waals surface area contributed by atoms with Crippen LogP contribution < -0.4 is 5.56 Å². The van der Waals surface area contributed by atoms with Crippen molar-refractivity contribution in [2.24, 2.45) is 0 Å². The van der Waals surface area contributed by atoms with Gasteiger partial charge in [-0.2, -0.15) is 8.78 Å². The van der Waals surface area contributed by atoms with Gasteiger partial charge in [0.15, 0.2) is 0 Å². The van der Waals surface area contributed by atoms with Gasteiger partial charge in [-0.05, 0) is 20.8 Å². The van der Waals surface area contributed by atoms with Crippen LogP contribution in [0.25, 0.3) is 0 Å². The van der Waals surface area contributed by atoms with Gasteiger partial charge in [0, 0.05) is 0 Å². The Morgan fingerprint density at radius 3 is 2.58 bits per heavy atom. The summed E-state index contributed by atoms with van der Waals surface area (Å²) < 4.78 is 32.7. The second-order valence-corrected chi connectivity index (χ2v) is 5.47. The first-order valence-electron chi connectivity index (χ1n) is 5.76. The fraction of sp³-hybridized carbons (Fsp3) is 0.636. The summed E-state index contributed by atoms with van der Waals surface area (Å²) in [5, 5.41) is 4.26. The standard InChI is InChI=1S/C11H15F2N3O3/c1-10(2,3)19-9(18)16-4-6-7(11(12,13)5-16)14-15-8(6)17/h4-5H2,1-3H3,(H2,14,15,17). The highest BCUT2D eigenvalue weighted by Crippen LogP contribution is 2.34. The van der Waals surface area contributed by atoms with Crippen LogP contribution in [-0.4, -0.2) is 33.3 Å². The minimum Gasteiger partial charge on any atom is -0.444 e. The predicted octanol–water partition coefficient (Wildman–Crippen LogP) is 1.55. The number of hydrogen-bond acceptors (Lipinski definition) is 3. The molecular weight excluding hydrogens is 260 g/mol. The number of alkyl halides is 2. The molecule has 0 saturated carbocycles. The largest absolute Gasteiger partial charge is 0.444 e. The van der Waals surface area contributed by atoms with E-state index in [2.05, 4.69) is 10.2 Å². The number of ether oxygens (including phenoxy) is 1. The van der Waals surface area contributed by atoms with E-state index in [1.54, 1.807) is 20.8 Å². The lowest BCUT2D eigenvalue weighted by atomic mass is 10.1. The van der Waals surface area contributed by atoms with Gasteiger partial charge in [0.05, 0.1) is 18.7 Å². The molecule has 106 valence electrons. The Bertz CT molecular complexity index is 556. The number of carbonyl (C=O) groups is 1. The topological polar surface area (TPSA) is 78.2 Å². The van der Waals surface area contributed by atoms with E-state index < -0.39 is 35.4 Å². The quantitative estimate of drug-likeness (QED) is 0.754. The molecule has 2 rings (SSSR count). The summed E-state index contributed by atoms with van der Waals surface area (Å²) in [5.74, 6) is -3.30. The monoisotopic (exact) mass is 275 g/mol. The number of aromatic amines is 2. The SMILES string of the molecule is CC(C)(C)OC(=O)N1Cc2c([nH][nH]c2=O)C(F)(F)C1. The summed E-state index contributed by atoms with van der Waals surface area (Å²) in [7, 11) is 0. The molecule has 6 nitrogen and oxygen atoms in total. The Hall–Kier alpha value is -1.86. The Labute approximate surface area is 107 Å². The molecule has 0 aliphatic carbocycles. The lowest BCUT2D eigenvalue weighted by Gasteiger charge is -2.33. The molecule has 0 radical (unpaired) electrons. The third-order valence-corrected chi connectivity index (χ3v) is 2.63. The number of halogens is 2. The van der Waals surface area contributed by atoms with Crippen LogP contribution in [0.4, 0.5) is 13.6 Å². The van der Waals surface area contributed by atoms with Crippen LogP contribution in [0.5, 0.6) is 0 Å². The molecule has 1 aliphatic heterocycles. The lowest BCUT2D eigenvalue weighted by Crippen LogP contribution is -2.46. The van der Waals surface area contributed by atoms with Crippen molar-refractivity contribution in [3.8, 4) is 0 Å². The molecular formula is C11H15F2N3O3. The lowest BCUT2D eigenvalue weighted by molar-refractivity contribution is -0.0620. The van der Waals surface area contributed by atoms with Crippen molar-refractivity contribution >= 4 is 6.09 Å². The fourth-order valence-electron chi connectivity index (χ4n) is 1.87. The van der Waals surface area contributed by atoms with Crippen molar-refractivity contribution in [2.45, 2.75) is 38.8 Å². The van der Waals surface area contributed by atoms with Crippen LogP contribution >= 0.6 is 0 Å². The maximum Gasteiger partial charge on any atom is 0.410 e. The maximum absolute atomic E-state index is 13.8. The third kappa shape index (κ3) is 2.61. The second kappa shape index (κ2) is 4.07. The van der Waals surface area contributed by atoms with E-state index in [9.17, 15) is 18.4 Å². The Morgan fingerprint density at radius 1 is 1.37 bits per heavy atom. The van der Waals surface area contributed by atoms with E-state index in [4.69, 9.17) is 4.74 Å². The van der Waals surface area contributed by atoms with Crippen LogP contribution in [0.3, 0.4) is 0 Å². The maximum atomic E-state index is 13.8. The number of nitrogens with one attached hydrogen (secondary N) is 2. The predicted molar refractivity (Wildman–Crippen MR) is 62.0 cm³/mol. The zero-order valence-electron chi connectivity index (χ0n) is 10.8. The van der Waals surface area contributed by atoms with Crippen LogP contribution in [0.2, 0.25) is 0 Å². The molecule has 0 unspecified atom stereocenters. The van der Waals surface area contributed by atoms with Crippen molar-refractivity contribution in [1.29, 1.82) is 0 Å². The van der Waals surface area contributed by atoms with Crippen LogP contribution in [0.1, 0.15) is 32.0 Å². The van der Waals surface area contributed by atoms with E-state index in [0.29, 0.717) is 0 Å². The highest BCUT2D eigenvalue weighted by atomic mass is 19.3. The van der Waals surface area contributed by atoms with Gasteiger partial charge in [0.25, 0.3) is 5.56 Å². The van der Waals surface area contributed by atoms with Gasteiger partial charge in [-0.3, -0.25) is 19.9 Å². The molecule has 0 atom stereocenters. The number of fused-ring (bicyclic) bond motifs is 1. The molecule has 1 aliphatic rings. The van der Waals surface area contributed by atoms with Gasteiger partial charge in [-0.1, -0.05) is 0 Å². The van der Waals surface area contributed by atoms with Gasteiger partial charge in [-0.15, -0.1) is 0 Å². The molecule has 0 spiro atoms. The van der Waals surface area contributed by atoms with Crippen molar-refractivity contribution in [2.75, 3.05) is 6.54 Å². The molecule has 19 heavy (non-hydrogen) atoms. The number of amides is 1. The van der Waals surface area contributed by atoms with E-state index in [-0.39, 0.29) is 12.1 Å². The van der Waals surface area contributed by atoms with E-state index in [0.717, 1.165) is 4.90 Å². The first-order chi connectivity index (χ1) is 8.60. The van der Waals surface area contributed by atoms with Crippen LogP contribution in [-0.2, 0) is 17.2 Å². The highest BCUT2D eigenvalue weighted by molar-refractivity contribution is 5.68. The minimum atomic E-state index is -3.30. The molecule has 0 aromatic carbocycles. The Kier molecular flexibility index (Phi) is 2.91. The summed E-state index contributed by atoms with van der Waals surface area (Å²) in [6.07, 6.45) is -0.863. The summed E-state index contributed by atoms with van der Waals surface area (Å²) in [6, 6.07) is 0. The van der Waals surface area contributed by atoms with Gasteiger partial charge in [0.1, 0.15) is 11.3 Å². The Balaban J connectivity index is 2.27. The van der Waals surface area contributed by atoms with Gasteiger partial charge >= 0.3 is 12.0 Å². The zero-order chi connectivity index (χ0) is 14.4. The molecule has 1 aromatic rings. The molecule has 0 bridgehead atoms. The Morgan fingerprint density at radius 2 is 2.00 bits per heavy atom. The first kappa shape index (κ1) is 13.6. The van der Waals surface area contributed by atoms with Crippen LogP contribution in [0, 0.1) is 0 Å². The molecule has 0 saturated heterocycles. The number of H-pyrrole nitrogens is 2. The number of carbonyl (C=O) groups excluding carboxylic acids is 1. The first-order valence-corrected chi connectivity index (χ1v) is 5.76. The number of nitrogens with zero attached hydrogens (tertiary/aromatic N) is 1. The summed E-state index contributed by atoms with van der Waals surface area (Å²) >= 11 is 0. The van der Waals surface area contributed by atoms with Crippen molar-refractivity contribution in [3.05, 3.63) is 21.6 Å².